The van der Waals surface area contributed by atoms with Crippen LogP contribution < -0.4 is 0 Å². The fraction of sp³-hybridized carbons (Fsp3) is 1.00. The van der Waals surface area contributed by atoms with Gasteiger partial charge in [0.15, 0.2) is 0 Å². The minimum atomic E-state index is -2.61. The average Bonchev–Trinajstić information content (AvgIpc) is 2.37. The highest BCUT2D eigenvalue weighted by Gasteiger charge is 2.44. The van der Waals surface area contributed by atoms with E-state index in [1.165, 1.54) is 0 Å². The molecule has 0 amide bonds. The van der Waals surface area contributed by atoms with Crippen molar-refractivity contribution in [1.29, 1.82) is 0 Å². The minimum Gasteiger partial charge on any atom is -0.396 e. The van der Waals surface area contributed by atoms with E-state index in [2.05, 4.69) is 0 Å². The molecule has 1 N–H and O–H groups in total. The Kier molecular flexibility index (Phi) is 7.60. The molecule has 98 valence electrons. The summed E-state index contributed by atoms with van der Waals surface area (Å²) in [5, 5.41) is 9.30. The van der Waals surface area contributed by atoms with Crippen LogP contribution in [0.4, 0.5) is 0 Å². The summed E-state index contributed by atoms with van der Waals surface area (Å²) in [4.78, 5) is 0. The Bertz CT molecular complexity index is 147. The maximum Gasteiger partial charge on any atom is 0.500 e. The quantitative estimate of drug-likeness (QED) is 0.601. The average molecular weight is 270 g/mol. The Morgan fingerprint density at radius 2 is 1.19 bits per heavy atom. The summed E-state index contributed by atoms with van der Waals surface area (Å²) in [7, 11) is 2.62. The van der Waals surface area contributed by atoms with Crippen molar-refractivity contribution < 1.29 is 27.2 Å². The molecule has 0 unspecified atom stereocenters. The number of hydrogen-bond acceptors (Lipinski definition) is 6. The Morgan fingerprint density at radius 1 is 0.750 bits per heavy atom. The van der Waals surface area contributed by atoms with Crippen molar-refractivity contribution in [3.05, 3.63) is 0 Å². The molecule has 8 heteroatoms. The second-order valence-electron chi connectivity index (χ2n) is 3.27. The van der Waals surface area contributed by atoms with Crippen LogP contribution in [0.25, 0.3) is 0 Å². The van der Waals surface area contributed by atoms with Gasteiger partial charge in [-0.3, -0.25) is 0 Å². The maximum absolute atomic E-state index is 9.30. The summed E-state index contributed by atoms with van der Waals surface area (Å²) in [5.41, 5.74) is 0. The van der Waals surface area contributed by atoms with Gasteiger partial charge in [-0.05, 0) is 6.04 Å². The van der Waals surface area contributed by atoms with Crippen molar-refractivity contribution in [1.82, 2.24) is 0 Å². The zero-order chi connectivity index (χ0) is 12.7. The van der Waals surface area contributed by atoms with Crippen molar-refractivity contribution in [2.24, 2.45) is 0 Å². The Labute approximate surface area is 99.0 Å². The van der Waals surface area contributed by atoms with Gasteiger partial charge in [-0.15, -0.1) is 0 Å². The van der Waals surface area contributed by atoms with Crippen molar-refractivity contribution in [3.8, 4) is 0 Å². The van der Waals surface area contributed by atoms with Crippen LogP contribution in [0.15, 0.2) is 0 Å². The molecule has 0 heterocycles. The molecule has 0 aromatic heterocycles. The molecule has 0 rings (SSSR count). The molecule has 0 bridgehead atoms. The highest BCUT2D eigenvalue weighted by molar-refractivity contribution is 6.70. The van der Waals surface area contributed by atoms with E-state index >= 15 is 0 Å². The molecular formula is C8H22O6Si2. The van der Waals surface area contributed by atoms with E-state index in [1.54, 1.807) is 35.5 Å². The van der Waals surface area contributed by atoms with E-state index in [4.69, 9.17) is 22.1 Å². The molecular weight excluding hydrogens is 248 g/mol. The van der Waals surface area contributed by atoms with Gasteiger partial charge in [0, 0.05) is 41.6 Å². The fourth-order valence-electron chi connectivity index (χ4n) is 1.40. The molecule has 0 aliphatic carbocycles. The monoisotopic (exact) mass is 270 g/mol. The molecule has 0 radical (unpaired) electrons. The second kappa shape index (κ2) is 7.51. The van der Waals surface area contributed by atoms with Gasteiger partial charge in [0.25, 0.3) is 0 Å². The zero-order valence-corrected chi connectivity index (χ0v) is 12.6. The van der Waals surface area contributed by atoms with Gasteiger partial charge < -0.3 is 27.2 Å². The SMILES string of the molecule is CO[Si](CO)(CC[Si](OC)(OC)OC)OC. The largest absolute Gasteiger partial charge is 0.500 e. The topological polar surface area (TPSA) is 66.4 Å². The van der Waals surface area contributed by atoms with Crippen LogP contribution in [0.1, 0.15) is 0 Å². The van der Waals surface area contributed by atoms with Gasteiger partial charge in [0.2, 0.25) is 0 Å². The van der Waals surface area contributed by atoms with Crippen molar-refractivity contribution in [2.45, 2.75) is 12.1 Å². The Hall–Kier alpha value is 0.194. The molecule has 0 aromatic carbocycles. The lowest BCUT2D eigenvalue weighted by atomic mass is 10.9. The third-order valence-electron chi connectivity index (χ3n) is 2.73. The summed E-state index contributed by atoms with van der Waals surface area (Å²) >= 11 is 0. The second-order valence-corrected chi connectivity index (χ2v) is 9.82. The van der Waals surface area contributed by atoms with Crippen LogP contribution in [-0.2, 0) is 22.1 Å². The van der Waals surface area contributed by atoms with Gasteiger partial charge in [-0.2, -0.15) is 0 Å². The number of aliphatic hydroxyl groups is 1. The third-order valence-corrected chi connectivity index (χ3v) is 8.94. The lowest BCUT2D eigenvalue weighted by Gasteiger charge is -2.29. The molecule has 0 atom stereocenters. The van der Waals surface area contributed by atoms with E-state index < -0.39 is 17.4 Å². The lowest BCUT2D eigenvalue weighted by Crippen LogP contribution is -2.49. The van der Waals surface area contributed by atoms with E-state index in [-0.39, 0.29) is 6.23 Å². The van der Waals surface area contributed by atoms with E-state index in [1.807, 2.05) is 0 Å². The van der Waals surface area contributed by atoms with Gasteiger partial charge >= 0.3 is 17.4 Å². The first kappa shape index (κ1) is 16.2. The van der Waals surface area contributed by atoms with E-state index in [0.29, 0.717) is 12.1 Å². The molecule has 16 heavy (non-hydrogen) atoms. The van der Waals surface area contributed by atoms with Gasteiger partial charge in [-0.25, -0.2) is 0 Å². The predicted molar refractivity (Wildman–Crippen MR) is 63.3 cm³/mol. The molecule has 0 saturated heterocycles. The molecule has 6 nitrogen and oxygen atoms in total. The molecule has 0 saturated carbocycles. The van der Waals surface area contributed by atoms with Crippen molar-refractivity contribution >= 4 is 17.4 Å². The normalized spacial score (nSPS) is 13.1. The predicted octanol–water partition coefficient (Wildman–Crippen LogP) is 0.131. The van der Waals surface area contributed by atoms with Crippen LogP contribution in [0.2, 0.25) is 12.1 Å². The van der Waals surface area contributed by atoms with E-state index in [0.717, 1.165) is 0 Å². The van der Waals surface area contributed by atoms with Crippen LogP contribution in [0.3, 0.4) is 0 Å². The first-order chi connectivity index (χ1) is 7.57. The number of aliphatic hydroxyl groups excluding tert-OH is 1. The summed E-state index contributed by atoms with van der Waals surface area (Å²) in [5.74, 6) is 0. The van der Waals surface area contributed by atoms with Gasteiger partial charge in [0.05, 0.1) is 6.23 Å². The standard InChI is InChI=1S/C8H22O6Si2/c1-10-15(8-9,11-2)6-7-16(12-3,13-4)14-5/h9H,6-8H2,1-5H3. The molecule has 0 fully saturated rings. The fourth-order valence-corrected chi connectivity index (χ4v) is 6.25. The number of hydrogen-bond donors (Lipinski definition) is 1. The van der Waals surface area contributed by atoms with Crippen LogP contribution >= 0.6 is 0 Å². The lowest BCUT2D eigenvalue weighted by molar-refractivity contribution is 0.122. The highest BCUT2D eigenvalue weighted by Crippen LogP contribution is 2.22. The smallest absolute Gasteiger partial charge is 0.396 e. The Balaban J connectivity index is 4.48. The van der Waals surface area contributed by atoms with Crippen molar-refractivity contribution in [2.75, 3.05) is 41.8 Å². The summed E-state index contributed by atoms with van der Waals surface area (Å²) < 4.78 is 26.4. The minimum absolute atomic E-state index is 0.0956. The molecule has 0 aliphatic rings. The summed E-state index contributed by atoms with van der Waals surface area (Å²) in [6.07, 6.45) is -0.0956. The highest BCUT2D eigenvalue weighted by atomic mass is 28.4. The molecule has 0 aliphatic heterocycles. The van der Waals surface area contributed by atoms with Gasteiger partial charge in [-0.1, -0.05) is 0 Å². The first-order valence-corrected chi connectivity index (χ1v) is 9.10. The number of rotatable bonds is 9. The Morgan fingerprint density at radius 3 is 1.44 bits per heavy atom. The van der Waals surface area contributed by atoms with Gasteiger partial charge in [0.1, 0.15) is 0 Å². The molecule has 0 aromatic rings. The van der Waals surface area contributed by atoms with Crippen LogP contribution in [0.5, 0.6) is 0 Å². The van der Waals surface area contributed by atoms with E-state index in [9.17, 15) is 5.11 Å². The first-order valence-electron chi connectivity index (χ1n) is 4.94. The summed E-state index contributed by atoms with van der Waals surface area (Å²) in [6, 6.07) is 1.13. The maximum atomic E-state index is 9.30. The van der Waals surface area contributed by atoms with Crippen LogP contribution in [0, 0.1) is 0 Å². The zero-order valence-electron chi connectivity index (χ0n) is 10.6. The summed E-state index contributed by atoms with van der Waals surface area (Å²) in [6.45, 7) is 0. The molecule has 0 spiro atoms. The van der Waals surface area contributed by atoms with Crippen LogP contribution in [-0.4, -0.2) is 64.3 Å². The van der Waals surface area contributed by atoms with Crippen molar-refractivity contribution in [3.63, 3.8) is 0 Å². The third kappa shape index (κ3) is 3.89.